The van der Waals surface area contributed by atoms with Gasteiger partial charge in [-0.2, -0.15) is 0 Å². The second kappa shape index (κ2) is 63.2. The van der Waals surface area contributed by atoms with Crippen LogP contribution in [0.4, 0.5) is 0 Å². The fourth-order valence-corrected chi connectivity index (χ4v) is 13.7. The summed E-state index contributed by atoms with van der Waals surface area (Å²) in [4.78, 5) is 13.4. The molecule has 2 saturated heterocycles. The lowest BCUT2D eigenvalue weighted by Crippen LogP contribution is -2.65. The summed E-state index contributed by atoms with van der Waals surface area (Å²) in [5, 5.41) is 87.6. The van der Waals surface area contributed by atoms with Crippen LogP contribution in [0.2, 0.25) is 0 Å². The van der Waals surface area contributed by atoms with Gasteiger partial charge in [0.15, 0.2) is 12.6 Å². The summed E-state index contributed by atoms with van der Waals surface area (Å²) in [6.45, 7) is 2.87. The normalized spacial score (nSPS) is 22.6. The van der Waals surface area contributed by atoms with Gasteiger partial charge in [0.05, 0.1) is 32.0 Å². The summed E-state index contributed by atoms with van der Waals surface area (Å²) in [6, 6.07) is -0.912. The average molecular weight is 1310 g/mol. The molecule has 0 aromatic carbocycles. The summed E-state index contributed by atoms with van der Waals surface area (Å²) in [7, 11) is 0. The minimum Gasteiger partial charge on any atom is -0.394 e. The van der Waals surface area contributed by atoms with Gasteiger partial charge in [-0.05, 0) is 19.3 Å². The van der Waals surface area contributed by atoms with Crippen LogP contribution in [0.25, 0.3) is 0 Å². The first kappa shape index (κ1) is 86.8. The molecule has 0 aromatic rings. The Balaban J connectivity index is 1.58. The third-order valence-electron chi connectivity index (χ3n) is 20.0. The van der Waals surface area contributed by atoms with E-state index < -0.39 is 86.8 Å². The Morgan fingerprint density at radius 2 is 0.674 bits per heavy atom. The van der Waals surface area contributed by atoms with Crippen LogP contribution >= 0.6 is 0 Å². The predicted molar refractivity (Wildman–Crippen MR) is 379 cm³/mol. The molecule has 14 heteroatoms. The first-order valence-corrected chi connectivity index (χ1v) is 39.9. The summed E-state index contributed by atoms with van der Waals surface area (Å²) >= 11 is 0. The molecule has 2 fully saturated rings. The molecule has 12 unspecified atom stereocenters. The number of carbonyl (C=O) groups is 1. The van der Waals surface area contributed by atoms with Crippen LogP contribution in [0, 0.1) is 0 Å². The Kier molecular flexibility index (Phi) is 59.6. The minimum atomic E-state index is -1.79. The lowest BCUT2D eigenvalue weighted by molar-refractivity contribution is -0.359. The maximum Gasteiger partial charge on any atom is 0.220 e. The number of hydrogen-bond donors (Lipinski definition) is 9. The molecule has 0 saturated carbocycles. The zero-order valence-corrected chi connectivity index (χ0v) is 59.8. The number of aliphatic hydroxyl groups excluding tert-OH is 8. The van der Waals surface area contributed by atoms with E-state index in [1.54, 1.807) is 6.08 Å². The number of amides is 1. The van der Waals surface area contributed by atoms with Gasteiger partial charge in [-0.15, -0.1) is 0 Å². The number of nitrogens with one attached hydrogen (secondary N) is 1. The number of allylic oxidation sites excluding steroid dienone is 1. The topological polar surface area (TPSA) is 228 Å². The van der Waals surface area contributed by atoms with Crippen molar-refractivity contribution >= 4 is 5.91 Å². The molecule has 2 aliphatic heterocycles. The SMILES string of the molecule is CCCCCCCCCCCCCCCCCCCCC/C=C/C(O)C(COC1OC(CO)C(OC2OC(CO)C(O)C(O)C2O)C(O)C1O)NC(=O)CCCCCCCCCCCCCCCCCCCCCCCCCCCCCCCCCCCCCCC. The first-order chi connectivity index (χ1) is 45.1. The van der Waals surface area contributed by atoms with E-state index in [1.807, 2.05) is 6.08 Å². The van der Waals surface area contributed by atoms with E-state index in [0.717, 1.165) is 44.9 Å². The maximum absolute atomic E-state index is 13.4. The zero-order chi connectivity index (χ0) is 66.6. The molecule has 0 radical (unpaired) electrons. The maximum atomic E-state index is 13.4. The van der Waals surface area contributed by atoms with Crippen LogP contribution in [0.1, 0.15) is 386 Å². The average Bonchev–Trinajstić information content (AvgIpc) is 0.863. The number of rotatable bonds is 68. The molecule has 9 N–H and O–H groups in total. The molecule has 0 spiro atoms. The summed E-state index contributed by atoms with van der Waals surface area (Å²) in [5.41, 5.74) is 0. The van der Waals surface area contributed by atoms with Crippen molar-refractivity contribution in [2.75, 3.05) is 19.8 Å². The van der Waals surface area contributed by atoms with Crippen LogP contribution in [-0.4, -0.2) is 140 Å². The van der Waals surface area contributed by atoms with Crippen LogP contribution in [0.5, 0.6) is 0 Å². The molecule has 2 rings (SSSR count). The third kappa shape index (κ3) is 46.1. The van der Waals surface area contributed by atoms with Gasteiger partial charge in [-0.3, -0.25) is 4.79 Å². The number of hydrogen-bond acceptors (Lipinski definition) is 13. The smallest absolute Gasteiger partial charge is 0.220 e. The highest BCUT2D eigenvalue weighted by Gasteiger charge is 2.51. The number of aliphatic hydroxyl groups is 8. The van der Waals surface area contributed by atoms with Crippen molar-refractivity contribution < 1.29 is 64.6 Å². The Labute approximate surface area is 565 Å². The van der Waals surface area contributed by atoms with E-state index in [2.05, 4.69) is 19.2 Å². The second-order valence-corrected chi connectivity index (χ2v) is 28.6. The van der Waals surface area contributed by atoms with Crippen molar-refractivity contribution in [3.05, 3.63) is 12.2 Å². The van der Waals surface area contributed by atoms with Crippen LogP contribution in [0.3, 0.4) is 0 Å². The molecule has 12 atom stereocenters. The molecule has 14 nitrogen and oxygen atoms in total. The van der Waals surface area contributed by atoms with Crippen molar-refractivity contribution in [3.63, 3.8) is 0 Å². The van der Waals surface area contributed by atoms with Crippen molar-refractivity contribution in [2.24, 2.45) is 0 Å². The van der Waals surface area contributed by atoms with Crippen molar-refractivity contribution in [1.29, 1.82) is 0 Å². The third-order valence-corrected chi connectivity index (χ3v) is 20.0. The molecule has 0 aromatic heterocycles. The van der Waals surface area contributed by atoms with Gasteiger partial charge in [0, 0.05) is 6.42 Å². The fraction of sp³-hybridized carbons (Fsp3) is 0.962. The Morgan fingerprint density at radius 3 is 1.00 bits per heavy atom. The quantitative estimate of drug-likeness (QED) is 0.0204. The van der Waals surface area contributed by atoms with Crippen LogP contribution < -0.4 is 5.32 Å². The van der Waals surface area contributed by atoms with Crippen LogP contribution in [-0.2, 0) is 23.7 Å². The predicted octanol–water partition coefficient (Wildman–Crippen LogP) is 17.7. The zero-order valence-electron chi connectivity index (χ0n) is 59.8. The van der Waals surface area contributed by atoms with E-state index in [1.165, 1.54) is 321 Å². The Hall–Kier alpha value is -1.27. The molecule has 2 aliphatic rings. The number of ether oxygens (including phenoxy) is 4. The van der Waals surface area contributed by atoms with E-state index in [0.29, 0.717) is 0 Å². The molecule has 2 heterocycles. The summed E-state index contributed by atoms with van der Waals surface area (Å²) in [5.74, 6) is -0.229. The van der Waals surface area contributed by atoms with Gasteiger partial charge in [0.1, 0.15) is 48.8 Å². The fourth-order valence-electron chi connectivity index (χ4n) is 13.7. The van der Waals surface area contributed by atoms with E-state index >= 15 is 0 Å². The number of carbonyl (C=O) groups excluding carboxylic acids is 1. The molecule has 0 aliphatic carbocycles. The molecule has 546 valence electrons. The second-order valence-electron chi connectivity index (χ2n) is 28.6. The Morgan fingerprint density at radius 1 is 0.380 bits per heavy atom. The van der Waals surface area contributed by atoms with Gasteiger partial charge in [0.25, 0.3) is 0 Å². The van der Waals surface area contributed by atoms with E-state index in [4.69, 9.17) is 18.9 Å². The van der Waals surface area contributed by atoms with Crippen molar-refractivity contribution in [3.8, 4) is 0 Å². The lowest BCUT2D eigenvalue weighted by atomic mass is 9.97. The lowest BCUT2D eigenvalue weighted by Gasteiger charge is -2.46. The van der Waals surface area contributed by atoms with Crippen LogP contribution in [0.15, 0.2) is 12.2 Å². The van der Waals surface area contributed by atoms with Gasteiger partial charge in [-0.25, -0.2) is 0 Å². The Bertz CT molecular complexity index is 1590. The highest BCUT2D eigenvalue weighted by atomic mass is 16.7. The molecule has 1 amide bonds. The van der Waals surface area contributed by atoms with Gasteiger partial charge >= 0.3 is 0 Å². The van der Waals surface area contributed by atoms with E-state index in [9.17, 15) is 45.6 Å². The highest BCUT2D eigenvalue weighted by molar-refractivity contribution is 5.76. The molecular weight excluding hydrogens is 1160 g/mol. The largest absolute Gasteiger partial charge is 0.394 e. The van der Waals surface area contributed by atoms with E-state index in [-0.39, 0.29) is 18.9 Å². The minimum absolute atomic E-state index is 0.229. The molecule has 0 bridgehead atoms. The first-order valence-electron chi connectivity index (χ1n) is 39.9. The van der Waals surface area contributed by atoms with Crippen molar-refractivity contribution in [1.82, 2.24) is 5.32 Å². The van der Waals surface area contributed by atoms with Gasteiger partial charge in [0.2, 0.25) is 5.91 Å². The van der Waals surface area contributed by atoms with Crippen molar-refractivity contribution in [2.45, 2.75) is 460 Å². The van der Waals surface area contributed by atoms with Gasteiger partial charge < -0.3 is 65.1 Å². The summed E-state index contributed by atoms with van der Waals surface area (Å²) in [6.07, 6.45) is 63.1. The molecule has 92 heavy (non-hydrogen) atoms. The standard InChI is InChI=1S/C78H151NO13/c1-3-5-7-9-11-13-15-17-19-21-23-25-26-27-28-29-30-31-32-33-34-35-36-37-38-39-40-42-44-46-48-50-52-54-56-58-60-62-70(83)79-66(67(82)61-59-57-55-53-51-49-47-45-43-41-24-22-20-18-16-14-12-10-8-6-4-2)65-89-77-75(88)73(86)76(69(64-81)91-77)92-78-74(87)72(85)71(84)68(63-80)90-78/h59,61,66-69,71-78,80-82,84-88H,3-58,60,62-65H2,1-2H3,(H,79,83)/b61-59+. The molecular formula is C78H151NO13. The number of unbranched alkanes of at least 4 members (excludes halogenated alkanes) is 55. The van der Waals surface area contributed by atoms with Gasteiger partial charge in [-0.1, -0.05) is 373 Å². The summed E-state index contributed by atoms with van der Waals surface area (Å²) < 4.78 is 22.9. The monoisotopic (exact) mass is 1310 g/mol. The highest BCUT2D eigenvalue weighted by Crippen LogP contribution is 2.30.